The number of hydrogen-bond donors (Lipinski definition) is 1. The molecule has 0 radical (unpaired) electrons. The van der Waals surface area contributed by atoms with E-state index in [0.29, 0.717) is 16.8 Å². The molecule has 2 aromatic carbocycles. The van der Waals surface area contributed by atoms with Crippen LogP contribution in [0.15, 0.2) is 46.9 Å². The van der Waals surface area contributed by atoms with Gasteiger partial charge in [-0.25, -0.2) is 0 Å². The predicted octanol–water partition coefficient (Wildman–Crippen LogP) is 4.21. The van der Waals surface area contributed by atoms with Gasteiger partial charge in [0.2, 0.25) is 0 Å². The Balaban J connectivity index is 2.38. The molecule has 2 rings (SSSR count). The van der Waals surface area contributed by atoms with Crippen molar-refractivity contribution in [3.63, 3.8) is 0 Å². The Hall–Kier alpha value is -1.61. The topological polar surface area (TPSA) is 43.1 Å². The first-order valence-corrected chi connectivity index (χ1v) is 7.09. The highest BCUT2D eigenvalue weighted by atomic mass is 79.9. The molecule has 0 aromatic heterocycles. The summed E-state index contributed by atoms with van der Waals surface area (Å²) in [7, 11) is 0. The van der Waals surface area contributed by atoms with Gasteiger partial charge >= 0.3 is 0 Å². The minimum Gasteiger partial charge on any atom is -0.398 e. The van der Waals surface area contributed by atoms with E-state index in [1.165, 1.54) is 5.56 Å². The van der Waals surface area contributed by atoms with E-state index in [0.717, 1.165) is 17.3 Å². The van der Waals surface area contributed by atoms with E-state index in [2.05, 4.69) is 22.9 Å². The van der Waals surface area contributed by atoms with E-state index in [1.807, 2.05) is 30.3 Å². The van der Waals surface area contributed by atoms with Crippen molar-refractivity contribution >= 4 is 27.4 Å². The van der Waals surface area contributed by atoms with Crippen LogP contribution in [0.5, 0.6) is 0 Å². The maximum absolute atomic E-state index is 12.5. The summed E-state index contributed by atoms with van der Waals surface area (Å²) in [4.78, 5) is 12.5. The number of hydrogen-bond acceptors (Lipinski definition) is 2. The van der Waals surface area contributed by atoms with E-state index in [4.69, 9.17) is 5.73 Å². The first-order chi connectivity index (χ1) is 9.11. The third kappa shape index (κ3) is 3.24. The Morgan fingerprint density at radius 1 is 1.21 bits per heavy atom. The smallest absolute Gasteiger partial charge is 0.195 e. The summed E-state index contributed by atoms with van der Waals surface area (Å²) in [5, 5.41) is 0. The molecular formula is C16H16BrNO. The number of aryl methyl sites for hydroxylation is 1. The van der Waals surface area contributed by atoms with Crippen LogP contribution in [0.25, 0.3) is 0 Å². The van der Waals surface area contributed by atoms with Crippen LogP contribution in [0.4, 0.5) is 5.69 Å². The van der Waals surface area contributed by atoms with Gasteiger partial charge in [0.15, 0.2) is 5.78 Å². The number of ketones is 1. The summed E-state index contributed by atoms with van der Waals surface area (Å²) in [5.74, 6) is -0.0308. The molecule has 3 heteroatoms. The standard InChI is InChI=1S/C16H16BrNO/c1-2-4-11-5-3-6-12(9-11)16(19)14-10-13(17)7-8-15(14)18/h3,5-10H,2,4,18H2,1H3. The van der Waals surface area contributed by atoms with E-state index >= 15 is 0 Å². The van der Waals surface area contributed by atoms with Gasteiger partial charge in [-0.05, 0) is 36.2 Å². The first kappa shape index (κ1) is 13.8. The molecular weight excluding hydrogens is 302 g/mol. The molecule has 0 bridgehead atoms. The number of carbonyl (C=O) groups excluding carboxylic acids is 1. The summed E-state index contributed by atoms with van der Waals surface area (Å²) in [6.45, 7) is 2.13. The quantitative estimate of drug-likeness (QED) is 0.678. The molecule has 19 heavy (non-hydrogen) atoms. The van der Waals surface area contributed by atoms with Gasteiger partial charge in [0.25, 0.3) is 0 Å². The van der Waals surface area contributed by atoms with Gasteiger partial charge in [-0.1, -0.05) is 47.5 Å². The molecule has 98 valence electrons. The predicted molar refractivity (Wildman–Crippen MR) is 82.4 cm³/mol. The molecule has 0 fully saturated rings. The van der Waals surface area contributed by atoms with Crippen molar-refractivity contribution < 1.29 is 4.79 Å². The Labute approximate surface area is 121 Å². The van der Waals surface area contributed by atoms with Crippen molar-refractivity contribution in [3.05, 3.63) is 63.6 Å². The van der Waals surface area contributed by atoms with E-state index < -0.39 is 0 Å². The molecule has 2 nitrogen and oxygen atoms in total. The molecule has 0 saturated carbocycles. The van der Waals surface area contributed by atoms with Gasteiger partial charge in [-0.15, -0.1) is 0 Å². The first-order valence-electron chi connectivity index (χ1n) is 6.30. The number of carbonyl (C=O) groups is 1. The molecule has 0 aliphatic rings. The summed E-state index contributed by atoms with van der Waals surface area (Å²) in [5.41, 5.74) is 8.81. The minimum atomic E-state index is -0.0308. The fraction of sp³-hybridized carbons (Fsp3) is 0.188. The SMILES string of the molecule is CCCc1cccc(C(=O)c2cc(Br)ccc2N)c1. The Kier molecular flexibility index (Phi) is 4.38. The molecule has 0 heterocycles. The average molecular weight is 318 g/mol. The maximum atomic E-state index is 12.5. The van der Waals surface area contributed by atoms with Crippen LogP contribution in [-0.2, 0) is 6.42 Å². The van der Waals surface area contributed by atoms with Gasteiger partial charge in [-0.3, -0.25) is 4.79 Å². The van der Waals surface area contributed by atoms with Crippen LogP contribution < -0.4 is 5.73 Å². The lowest BCUT2D eigenvalue weighted by molar-refractivity contribution is 0.103. The maximum Gasteiger partial charge on any atom is 0.195 e. The van der Waals surface area contributed by atoms with Crippen LogP contribution in [0.3, 0.4) is 0 Å². The molecule has 2 aromatic rings. The number of rotatable bonds is 4. The summed E-state index contributed by atoms with van der Waals surface area (Å²) in [6, 6.07) is 13.1. The van der Waals surface area contributed by atoms with Gasteiger partial charge in [0.1, 0.15) is 0 Å². The van der Waals surface area contributed by atoms with Crippen molar-refractivity contribution in [2.24, 2.45) is 0 Å². The Morgan fingerprint density at radius 3 is 2.74 bits per heavy atom. The average Bonchev–Trinajstić information content (AvgIpc) is 2.41. The van der Waals surface area contributed by atoms with Gasteiger partial charge in [-0.2, -0.15) is 0 Å². The van der Waals surface area contributed by atoms with Gasteiger partial charge in [0, 0.05) is 21.3 Å². The summed E-state index contributed by atoms with van der Waals surface area (Å²) >= 11 is 3.37. The molecule has 2 N–H and O–H groups in total. The van der Waals surface area contributed by atoms with Crippen molar-refractivity contribution in [1.82, 2.24) is 0 Å². The second-order valence-electron chi connectivity index (χ2n) is 4.51. The third-order valence-electron chi connectivity index (χ3n) is 2.99. The Bertz CT molecular complexity index is 607. The van der Waals surface area contributed by atoms with Crippen LogP contribution in [-0.4, -0.2) is 5.78 Å². The highest BCUT2D eigenvalue weighted by Gasteiger charge is 2.13. The van der Waals surface area contributed by atoms with E-state index in [9.17, 15) is 4.79 Å². The monoisotopic (exact) mass is 317 g/mol. The molecule has 0 unspecified atom stereocenters. The van der Waals surface area contributed by atoms with E-state index in [1.54, 1.807) is 12.1 Å². The molecule has 0 saturated heterocycles. The Morgan fingerprint density at radius 2 is 2.00 bits per heavy atom. The van der Waals surface area contributed by atoms with Crippen LogP contribution in [0, 0.1) is 0 Å². The highest BCUT2D eigenvalue weighted by molar-refractivity contribution is 9.10. The lowest BCUT2D eigenvalue weighted by Crippen LogP contribution is -2.06. The molecule has 0 amide bonds. The molecule has 0 spiro atoms. The van der Waals surface area contributed by atoms with Crippen molar-refractivity contribution in [2.45, 2.75) is 19.8 Å². The summed E-state index contributed by atoms with van der Waals surface area (Å²) in [6.07, 6.45) is 2.05. The van der Waals surface area contributed by atoms with Gasteiger partial charge in [0.05, 0.1) is 0 Å². The summed E-state index contributed by atoms with van der Waals surface area (Å²) < 4.78 is 0.856. The number of anilines is 1. The fourth-order valence-corrected chi connectivity index (χ4v) is 2.40. The van der Waals surface area contributed by atoms with Crippen molar-refractivity contribution in [3.8, 4) is 0 Å². The lowest BCUT2D eigenvalue weighted by Gasteiger charge is -2.07. The second kappa shape index (κ2) is 6.02. The largest absolute Gasteiger partial charge is 0.398 e. The zero-order valence-electron chi connectivity index (χ0n) is 10.8. The zero-order valence-corrected chi connectivity index (χ0v) is 12.4. The van der Waals surface area contributed by atoms with Crippen LogP contribution >= 0.6 is 15.9 Å². The third-order valence-corrected chi connectivity index (χ3v) is 3.48. The number of nitrogens with two attached hydrogens (primary N) is 1. The normalized spacial score (nSPS) is 10.4. The van der Waals surface area contributed by atoms with Crippen molar-refractivity contribution in [2.75, 3.05) is 5.73 Å². The van der Waals surface area contributed by atoms with Gasteiger partial charge < -0.3 is 5.73 Å². The zero-order chi connectivity index (χ0) is 13.8. The van der Waals surface area contributed by atoms with E-state index in [-0.39, 0.29) is 5.78 Å². The number of halogens is 1. The van der Waals surface area contributed by atoms with Crippen LogP contribution in [0.1, 0.15) is 34.8 Å². The lowest BCUT2D eigenvalue weighted by atomic mass is 9.99. The second-order valence-corrected chi connectivity index (χ2v) is 5.43. The number of benzene rings is 2. The number of nitrogen functional groups attached to an aromatic ring is 1. The minimum absolute atomic E-state index is 0.0308. The van der Waals surface area contributed by atoms with Crippen LogP contribution in [0.2, 0.25) is 0 Å². The fourth-order valence-electron chi connectivity index (χ4n) is 2.04. The highest BCUT2D eigenvalue weighted by Crippen LogP contribution is 2.22. The molecule has 0 atom stereocenters. The molecule has 0 aliphatic carbocycles. The molecule has 0 aliphatic heterocycles. The van der Waals surface area contributed by atoms with Crippen molar-refractivity contribution in [1.29, 1.82) is 0 Å².